The summed E-state index contributed by atoms with van der Waals surface area (Å²) in [6, 6.07) is 4.68. The minimum absolute atomic E-state index is 0.0439. The van der Waals surface area contributed by atoms with Gasteiger partial charge in [0.05, 0.1) is 0 Å². The summed E-state index contributed by atoms with van der Waals surface area (Å²) in [6.07, 6.45) is 1.45. The first-order valence-electron chi connectivity index (χ1n) is 3.25. The van der Waals surface area contributed by atoms with Gasteiger partial charge in [-0.3, -0.25) is 0 Å². The van der Waals surface area contributed by atoms with Gasteiger partial charge in [0.25, 0.3) is 0 Å². The van der Waals surface area contributed by atoms with E-state index in [0.29, 0.717) is 5.56 Å². The molecule has 1 aromatic carbocycles. The largest absolute Gasteiger partial charge is 0.145 e. The molecule has 60 valence electrons. The Morgan fingerprint density at radius 2 is 2.00 bits per heavy atom. The van der Waals surface area contributed by atoms with E-state index in [-0.39, 0.29) is 11.4 Å². The number of hydrogen-bond donors (Lipinski definition) is 0. The third-order valence-corrected chi connectivity index (χ3v) is 1.46. The highest BCUT2D eigenvalue weighted by Gasteiger charge is 2.05. The zero-order valence-corrected chi connectivity index (χ0v) is 6.23. The summed E-state index contributed by atoms with van der Waals surface area (Å²) in [7, 11) is 0. The molecular formula is C8H6N2O2. The lowest BCUT2D eigenvalue weighted by Gasteiger charge is -1.97. The number of nitroso groups, excluding NO2 is 2. The molecule has 0 N–H and O–H groups in total. The van der Waals surface area contributed by atoms with Crippen LogP contribution >= 0.6 is 0 Å². The van der Waals surface area contributed by atoms with Gasteiger partial charge in [0.2, 0.25) is 0 Å². The molecule has 0 spiro atoms. The van der Waals surface area contributed by atoms with Crippen LogP contribution in [0.5, 0.6) is 0 Å². The Morgan fingerprint density at radius 1 is 1.25 bits per heavy atom. The topological polar surface area (TPSA) is 58.9 Å². The molecule has 0 heterocycles. The van der Waals surface area contributed by atoms with Crippen LogP contribution in [0.4, 0.5) is 11.4 Å². The molecule has 0 aliphatic rings. The number of benzene rings is 1. The van der Waals surface area contributed by atoms with E-state index >= 15 is 0 Å². The standard InChI is InChI=1S/C8H6N2O2/c1-2-6-4-3-5-7(9-11)8(6)10-12/h2-5H,1H2. The molecule has 1 rings (SSSR count). The van der Waals surface area contributed by atoms with Crippen molar-refractivity contribution in [3.05, 3.63) is 40.2 Å². The number of rotatable bonds is 3. The van der Waals surface area contributed by atoms with E-state index < -0.39 is 0 Å². The van der Waals surface area contributed by atoms with Crippen LogP contribution in [0, 0.1) is 9.81 Å². The second kappa shape index (κ2) is 3.52. The fourth-order valence-electron chi connectivity index (χ4n) is 0.887. The molecule has 12 heavy (non-hydrogen) atoms. The number of hydrogen-bond acceptors (Lipinski definition) is 4. The van der Waals surface area contributed by atoms with E-state index in [0.717, 1.165) is 0 Å². The van der Waals surface area contributed by atoms with Crippen molar-refractivity contribution in [2.45, 2.75) is 0 Å². The van der Waals surface area contributed by atoms with Crippen LogP contribution in [-0.2, 0) is 0 Å². The predicted octanol–water partition coefficient (Wildman–Crippen LogP) is 3.13. The van der Waals surface area contributed by atoms with Crippen molar-refractivity contribution in [2.75, 3.05) is 0 Å². The predicted molar refractivity (Wildman–Crippen MR) is 47.4 cm³/mol. The summed E-state index contributed by atoms with van der Waals surface area (Å²) in [5, 5.41) is 5.36. The van der Waals surface area contributed by atoms with E-state index in [1.807, 2.05) is 0 Å². The Hall–Kier alpha value is -1.84. The van der Waals surface area contributed by atoms with Gasteiger partial charge in [-0.25, -0.2) is 0 Å². The molecule has 0 amide bonds. The maximum Gasteiger partial charge on any atom is 0.144 e. The maximum atomic E-state index is 10.3. The molecule has 0 unspecified atom stereocenters. The molecule has 4 nitrogen and oxygen atoms in total. The molecule has 0 aliphatic heterocycles. The average molecular weight is 162 g/mol. The molecule has 0 radical (unpaired) electrons. The second-order valence-corrected chi connectivity index (χ2v) is 2.10. The first kappa shape index (κ1) is 8.26. The first-order chi connectivity index (χ1) is 5.83. The van der Waals surface area contributed by atoms with Crippen LogP contribution in [0.25, 0.3) is 6.08 Å². The minimum atomic E-state index is 0.0439. The Balaban J connectivity index is 3.40. The van der Waals surface area contributed by atoms with Gasteiger partial charge in [-0.1, -0.05) is 24.8 Å². The zero-order chi connectivity index (χ0) is 8.97. The lowest BCUT2D eigenvalue weighted by molar-refractivity contribution is 1.41. The summed E-state index contributed by atoms with van der Waals surface area (Å²) < 4.78 is 0. The van der Waals surface area contributed by atoms with Gasteiger partial charge in [-0.05, 0) is 16.4 Å². The highest BCUT2D eigenvalue weighted by molar-refractivity contribution is 5.73. The van der Waals surface area contributed by atoms with Crippen molar-refractivity contribution in [1.29, 1.82) is 0 Å². The first-order valence-corrected chi connectivity index (χ1v) is 3.25. The maximum absolute atomic E-state index is 10.3. The molecule has 0 bridgehead atoms. The van der Waals surface area contributed by atoms with E-state index in [4.69, 9.17) is 0 Å². The summed E-state index contributed by atoms with van der Waals surface area (Å²) in [5.74, 6) is 0. The molecule has 4 heteroatoms. The quantitative estimate of drug-likeness (QED) is 0.641. The van der Waals surface area contributed by atoms with Gasteiger partial charge >= 0.3 is 0 Å². The van der Waals surface area contributed by atoms with Crippen LogP contribution in [0.3, 0.4) is 0 Å². The van der Waals surface area contributed by atoms with Gasteiger partial charge in [0, 0.05) is 5.56 Å². The van der Waals surface area contributed by atoms with Gasteiger partial charge in [0.1, 0.15) is 11.4 Å². The van der Waals surface area contributed by atoms with Crippen LogP contribution in [-0.4, -0.2) is 0 Å². The van der Waals surface area contributed by atoms with E-state index in [2.05, 4.69) is 16.9 Å². The molecule has 0 aromatic heterocycles. The second-order valence-electron chi connectivity index (χ2n) is 2.10. The SMILES string of the molecule is C=Cc1cccc(N=O)c1N=O. The van der Waals surface area contributed by atoms with Gasteiger partial charge in [0.15, 0.2) is 0 Å². The molecule has 0 atom stereocenters. The van der Waals surface area contributed by atoms with Crippen molar-refractivity contribution in [3.8, 4) is 0 Å². The fourth-order valence-corrected chi connectivity index (χ4v) is 0.887. The van der Waals surface area contributed by atoms with Gasteiger partial charge in [-0.2, -0.15) is 0 Å². The molecule has 0 saturated carbocycles. The summed E-state index contributed by atoms with van der Waals surface area (Å²) in [6.45, 7) is 3.47. The van der Waals surface area contributed by atoms with Gasteiger partial charge in [-0.15, -0.1) is 9.81 Å². The van der Waals surface area contributed by atoms with E-state index in [1.165, 1.54) is 12.1 Å². The van der Waals surface area contributed by atoms with Crippen LogP contribution in [0.1, 0.15) is 5.56 Å². The Bertz CT molecular complexity index is 308. The summed E-state index contributed by atoms with van der Waals surface area (Å²) in [5.41, 5.74) is 0.604. The van der Waals surface area contributed by atoms with Gasteiger partial charge < -0.3 is 0 Å². The highest BCUT2D eigenvalue weighted by atomic mass is 16.3. The molecule has 1 aromatic rings. The van der Waals surface area contributed by atoms with E-state index in [9.17, 15) is 9.81 Å². The Labute approximate surface area is 68.9 Å². The Kier molecular flexibility index (Phi) is 2.42. The molecular weight excluding hydrogens is 156 g/mol. The number of nitrogens with zero attached hydrogens (tertiary/aromatic N) is 2. The average Bonchev–Trinajstić information content (AvgIpc) is 2.16. The third kappa shape index (κ3) is 1.27. The third-order valence-electron chi connectivity index (χ3n) is 1.46. The minimum Gasteiger partial charge on any atom is -0.145 e. The van der Waals surface area contributed by atoms with E-state index in [1.54, 1.807) is 12.1 Å². The lowest BCUT2D eigenvalue weighted by atomic mass is 10.1. The van der Waals surface area contributed by atoms with Crippen molar-refractivity contribution >= 4 is 17.5 Å². The van der Waals surface area contributed by atoms with Crippen LogP contribution < -0.4 is 0 Å². The smallest absolute Gasteiger partial charge is 0.144 e. The van der Waals surface area contributed by atoms with Crippen LogP contribution in [0.2, 0.25) is 0 Å². The Morgan fingerprint density at radius 3 is 2.50 bits per heavy atom. The van der Waals surface area contributed by atoms with Crippen LogP contribution in [0.15, 0.2) is 35.1 Å². The van der Waals surface area contributed by atoms with Crippen molar-refractivity contribution in [1.82, 2.24) is 0 Å². The lowest BCUT2D eigenvalue weighted by Crippen LogP contribution is -1.73. The molecule has 0 saturated heterocycles. The summed E-state index contributed by atoms with van der Waals surface area (Å²) >= 11 is 0. The van der Waals surface area contributed by atoms with Crippen molar-refractivity contribution in [3.63, 3.8) is 0 Å². The summed E-state index contributed by atoms with van der Waals surface area (Å²) in [4.78, 5) is 20.4. The highest BCUT2D eigenvalue weighted by Crippen LogP contribution is 2.31. The van der Waals surface area contributed by atoms with Crippen molar-refractivity contribution < 1.29 is 0 Å². The molecule has 0 fully saturated rings. The monoisotopic (exact) mass is 162 g/mol. The normalized spacial score (nSPS) is 9.00. The fraction of sp³-hybridized carbons (Fsp3) is 0. The zero-order valence-electron chi connectivity index (χ0n) is 6.23. The van der Waals surface area contributed by atoms with Crippen molar-refractivity contribution in [2.24, 2.45) is 10.4 Å². The molecule has 0 aliphatic carbocycles.